The molecule has 2 aromatic heterocycles. The van der Waals surface area contributed by atoms with Crippen LogP contribution in [0.3, 0.4) is 0 Å². The zero-order valence-corrected chi connectivity index (χ0v) is 15.1. The number of nitrogens with zero attached hydrogens (tertiary/aromatic N) is 1. The van der Waals surface area contributed by atoms with Crippen LogP contribution in [0.5, 0.6) is 0 Å². The van der Waals surface area contributed by atoms with Gasteiger partial charge in [0.1, 0.15) is 17.2 Å². The maximum absolute atomic E-state index is 12.1. The van der Waals surface area contributed by atoms with Crippen molar-refractivity contribution < 1.29 is 14.0 Å². The minimum Gasteiger partial charge on any atom is -0.466 e. The Morgan fingerprint density at radius 2 is 1.76 bits per heavy atom. The van der Waals surface area contributed by atoms with Gasteiger partial charge < -0.3 is 4.42 Å². The summed E-state index contributed by atoms with van der Waals surface area (Å²) in [6.07, 6.45) is 0. The van der Waals surface area contributed by atoms with Crippen molar-refractivity contribution in [1.29, 1.82) is 0 Å². The molecule has 0 fully saturated rings. The average Bonchev–Trinajstić information content (AvgIpc) is 3.20. The van der Waals surface area contributed by atoms with Crippen LogP contribution in [0.1, 0.15) is 32.4 Å². The Morgan fingerprint density at radius 3 is 2.40 bits per heavy atom. The minimum atomic E-state index is -0.498. The Bertz CT molecular complexity index is 928. The molecule has 0 radical (unpaired) electrons. The molecule has 3 aromatic rings. The quantitative estimate of drug-likeness (QED) is 0.585. The second kappa shape index (κ2) is 6.94. The third-order valence-corrected chi connectivity index (χ3v) is 4.07. The summed E-state index contributed by atoms with van der Waals surface area (Å²) >= 11 is 3.37. The molecule has 1 aromatic carbocycles. The van der Waals surface area contributed by atoms with Crippen LogP contribution in [-0.2, 0) is 0 Å². The summed E-state index contributed by atoms with van der Waals surface area (Å²) in [6, 6.07) is 10.8. The van der Waals surface area contributed by atoms with E-state index in [1.54, 1.807) is 26.0 Å². The van der Waals surface area contributed by atoms with Crippen molar-refractivity contribution >= 4 is 27.7 Å². The number of hydrogen-bond acceptors (Lipinski definition) is 4. The molecule has 0 aliphatic heterocycles. The van der Waals surface area contributed by atoms with Crippen molar-refractivity contribution in [2.24, 2.45) is 0 Å². The predicted octanol–water partition coefficient (Wildman–Crippen LogP) is 3.12. The summed E-state index contributed by atoms with van der Waals surface area (Å²) in [5.74, 6) is 0.169. The van der Waals surface area contributed by atoms with Gasteiger partial charge in [0.2, 0.25) is 0 Å². The highest BCUT2D eigenvalue weighted by atomic mass is 79.9. The van der Waals surface area contributed by atoms with Crippen LogP contribution in [0.15, 0.2) is 45.3 Å². The van der Waals surface area contributed by atoms with E-state index in [2.05, 4.69) is 37.0 Å². The van der Waals surface area contributed by atoms with Crippen molar-refractivity contribution in [1.82, 2.24) is 21.0 Å². The highest BCUT2D eigenvalue weighted by Crippen LogP contribution is 2.20. The molecular formula is C17H15BrN4O3. The molecule has 0 unspecified atom stereocenters. The van der Waals surface area contributed by atoms with Gasteiger partial charge in [0.15, 0.2) is 0 Å². The second-order valence-corrected chi connectivity index (χ2v) is 6.32. The summed E-state index contributed by atoms with van der Waals surface area (Å²) < 4.78 is 6.25. The molecule has 3 rings (SSSR count). The standard InChI is InChI=1S/C17H15BrN4O3/c1-9-7-13(10(2)25-9)16(23)21-22-17(24)15-8-14(19-20-15)11-3-5-12(18)6-4-11/h3-8H,1-2H3,(H,19,20)(H,21,23)(H,22,24). The van der Waals surface area contributed by atoms with E-state index < -0.39 is 11.8 Å². The lowest BCUT2D eigenvalue weighted by molar-refractivity contribution is 0.0843. The fourth-order valence-electron chi connectivity index (χ4n) is 2.31. The smallest absolute Gasteiger partial charge is 0.287 e. The van der Waals surface area contributed by atoms with Crippen LogP contribution in [0.2, 0.25) is 0 Å². The highest BCUT2D eigenvalue weighted by Gasteiger charge is 2.16. The van der Waals surface area contributed by atoms with E-state index in [1.165, 1.54) is 0 Å². The minimum absolute atomic E-state index is 0.235. The van der Waals surface area contributed by atoms with Crippen molar-refractivity contribution in [3.8, 4) is 11.3 Å². The monoisotopic (exact) mass is 402 g/mol. The number of halogens is 1. The maximum atomic E-state index is 12.1. The van der Waals surface area contributed by atoms with E-state index in [0.29, 0.717) is 22.8 Å². The summed E-state index contributed by atoms with van der Waals surface area (Å²) in [5.41, 5.74) is 6.81. The van der Waals surface area contributed by atoms with E-state index in [1.807, 2.05) is 24.3 Å². The molecule has 0 spiro atoms. The lowest BCUT2D eigenvalue weighted by Gasteiger charge is -2.04. The first kappa shape index (κ1) is 17.0. The van der Waals surface area contributed by atoms with E-state index >= 15 is 0 Å². The SMILES string of the molecule is Cc1cc(C(=O)NNC(=O)c2cc(-c3ccc(Br)cc3)n[nH]2)c(C)o1. The van der Waals surface area contributed by atoms with Crippen LogP contribution in [-0.4, -0.2) is 22.0 Å². The number of carbonyl (C=O) groups is 2. The van der Waals surface area contributed by atoms with Gasteiger partial charge in [-0.2, -0.15) is 5.10 Å². The van der Waals surface area contributed by atoms with Gasteiger partial charge >= 0.3 is 0 Å². The van der Waals surface area contributed by atoms with Crippen molar-refractivity contribution in [2.75, 3.05) is 0 Å². The molecule has 0 aliphatic carbocycles. The number of aromatic nitrogens is 2. The van der Waals surface area contributed by atoms with Crippen LogP contribution >= 0.6 is 15.9 Å². The predicted molar refractivity (Wildman–Crippen MR) is 94.8 cm³/mol. The number of furan rings is 1. The third kappa shape index (κ3) is 3.80. The number of hydrazine groups is 1. The number of H-pyrrole nitrogens is 1. The Hall–Kier alpha value is -2.87. The lowest BCUT2D eigenvalue weighted by atomic mass is 10.1. The molecule has 7 nitrogen and oxygen atoms in total. The van der Waals surface area contributed by atoms with Gasteiger partial charge in [0.25, 0.3) is 11.8 Å². The number of hydrogen-bond donors (Lipinski definition) is 3. The van der Waals surface area contributed by atoms with E-state index in [0.717, 1.165) is 10.0 Å². The molecule has 2 heterocycles. The topological polar surface area (TPSA) is 100 Å². The summed E-state index contributed by atoms with van der Waals surface area (Å²) in [4.78, 5) is 24.2. The zero-order chi connectivity index (χ0) is 18.0. The van der Waals surface area contributed by atoms with Gasteiger partial charge in [0, 0.05) is 10.0 Å². The van der Waals surface area contributed by atoms with Crippen molar-refractivity contribution in [2.45, 2.75) is 13.8 Å². The Morgan fingerprint density at radius 1 is 1.08 bits per heavy atom. The van der Waals surface area contributed by atoms with Gasteiger partial charge in [0.05, 0.1) is 11.3 Å². The lowest BCUT2D eigenvalue weighted by Crippen LogP contribution is -2.41. The normalized spacial score (nSPS) is 10.5. The average molecular weight is 403 g/mol. The van der Waals surface area contributed by atoms with Crippen LogP contribution in [0.25, 0.3) is 11.3 Å². The number of amides is 2. The maximum Gasteiger partial charge on any atom is 0.287 e. The first-order valence-electron chi connectivity index (χ1n) is 7.43. The highest BCUT2D eigenvalue weighted by molar-refractivity contribution is 9.10. The van der Waals surface area contributed by atoms with E-state index in [9.17, 15) is 9.59 Å². The van der Waals surface area contributed by atoms with Gasteiger partial charge in [-0.15, -0.1) is 0 Å². The van der Waals surface area contributed by atoms with Gasteiger partial charge in [-0.1, -0.05) is 28.1 Å². The van der Waals surface area contributed by atoms with Crippen molar-refractivity contribution in [3.63, 3.8) is 0 Å². The first-order chi connectivity index (χ1) is 11.9. The Labute approximate surface area is 151 Å². The molecule has 2 amide bonds. The number of benzene rings is 1. The molecule has 3 N–H and O–H groups in total. The summed E-state index contributed by atoms with van der Waals surface area (Å²) in [6.45, 7) is 3.43. The molecule has 0 saturated heterocycles. The van der Waals surface area contributed by atoms with Crippen LogP contribution < -0.4 is 10.9 Å². The number of aromatic amines is 1. The molecule has 25 heavy (non-hydrogen) atoms. The number of nitrogens with one attached hydrogen (secondary N) is 3. The molecule has 0 aliphatic rings. The molecular weight excluding hydrogens is 388 g/mol. The molecule has 0 atom stereocenters. The van der Waals surface area contributed by atoms with Gasteiger partial charge in [-0.05, 0) is 38.1 Å². The Balaban J connectivity index is 1.65. The van der Waals surface area contributed by atoms with Gasteiger partial charge in [-0.3, -0.25) is 25.5 Å². The zero-order valence-electron chi connectivity index (χ0n) is 13.5. The van der Waals surface area contributed by atoms with E-state index in [4.69, 9.17) is 4.42 Å². The molecule has 0 saturated carbocycles. The fraction of sp³-hybridized carbons (Fsp3) is 0.118. The first-order valence-corrected chi connectivity index (χ1v) is 8.22. The van der Waals surface area contributed by atoms with Gasteiger partial charge in [-0.25, -0.2) is 0 Å². The van der Waals surface area contributed by atoms with Crippen LogP contribution in [0, 0.1) is 13.8 Å². The molecule has 8 heteroatoms. The van der Waals surface area contributed by atoms with E-state index in [-0.39, 0.29) is 5.69 Å². The summed E-state index contributed by atoms with van der Waals surface area (Å²) in [5, 5.41) is 6.77. The fourth-order valence-corrected chi connectivity index (χ4v) is 2.58. The third-order valence-electron chi connectivity index (χ3n) is 3.54. The summed E-state index contributed by atoms with van der Waals surface area (Å²) in [7, 11) is 0. The van der Waals surface area contributed by atoms with Crippen molar-refractivity contribution in [3.05, 3.63) is 63.6 Å². The number of rotatable bonds is 3. The molecule has 0 bridgehead atoms. The second-order valence-electron chi connectivity index (χ2n) is 5.41. The Kier molecular flexibility index (Phi) is 4.71. The largest absolute Gasteiger partial charge is 0.466 e. The van der Waals surface area contributed by atoms with Crippen LogP contribution in [0.4, 0.5) is 0 Å². The number of aryl methyl sites for hydroxylation is 2. The molecule has 128 valence electrons. The number of carbonyl (C=O) groups excluding carboxylic acids is 2.